The third-order valence-corrected chi connectivity index (χ3v) is 5.18. The molecule has 1 aliphatic rings. The smallest absolute Gasteiger partial charge is 0.243 e. The molecule has 0 spiro atoms. The van der Waals surface area contributed by atoms with E-state index in [0.29, 0.717) is 12.5 Å². The van der Waals surface area contributed by atoms with E-state index in [0.717, 1.165) is 16.9 Å². The molecule has 3 rings (SSSR count). The average Bonchev–Trinajstić information content (AvgIpc) is 3.09. The zero-order valence-corrected chi connectivity index (χ0v) is 17.7. The van der Waals surface area contributed by atoms with Crippen molar-refractivity contribution < 1.29 is 9.59 Å². The van der Waals surface area contributed by atoms with Crippen LogP contribution < -0.4 is 21.1 Å². The van der Waals surface area contributed by atoms with Gasteiger partial charge in [0, 0.05) is 24.3 Å². The molecule has 1 aliphatic heterocycles. The highest BCUT2D eigenvalue weighted by atomic mass is 32.1. The van der Waals surface area contributed by atoms with E-state index in [1.165, 1.54) is 5.56 Å². The maximum absolute atomic E-state index is 12.5. The maximum Gasteiger partial charge on any atom is 0.243 e. The first-order valence-corrected chi connectivity index (χ1v) is 10.1. The lowest BCUT2D eigenvalue weighted by atomic mass is 10.0. The van der Waals surface area contributed by atoms with Crippen molar-refractivity contribution in [3.63, 3.8) is 0 Å². The van der Waals surface area contributed by atoms with E-state index < -0.39 is 5.92 Å². The number of benzene rings is 2. The summed E-state index contributed by atoms with van der Waals surface area (Å²) in [4.78, 5) is 26.4. The summed E-state index contributed by atoms with van der Waals surface area (Å²) in [5, 5.41) is 3.32. The standard InChI is InChI=1S/C22H26N4O2S/c1-14(2)16-6-8-18(9-7-16)23-22(29)25-24-21(28)17-12-20(27)26(13-17)19-10-4-15(3)5-11-19/h4-11,14,17H,12-13H2,1-3H3,(H,24,28)(H2,23,25,29)/t17-/m0/s1. The highest BCUT2D eigenvalue weighted by Gasteiger charge is 2.35. The molecule has 7 heteroatoms. The predicted octanol–water partition coefficient (Wildman–Crippen LogP) is 3.49. The quantitative estimate of drug-likeness (QED) is 0.532. The van der Waals surface area contributed by atoms with Crippen molar-refractivity contribution in [1.29, 1.82) is 0 Å². The molecule has 1 atom stereocenters. The average molecular weight is 411 g/mol. The van der Waals surface area contributed by atoms with E-state index >= 15 is 0 Å². The fourth-order valence-electron chi connectivity index (χ4n) is 3.19. The lowest BCUT2D eigenvalue weighted by Crippen LogP contribution is -2.46. The molecule has 6 nitrogen and oxygen atoms in total. The Bertz CT molecular complexity index is 894. The number of hydrogen-bond acceptors (Lipinski definition) is 3. The third kappa shape index (κ3) is 5.32. The Hall–Kier alpha value is -2.93. The summed E-state index contributed by atoms with van der Waals surface area (Å²) < 4.78 is 0. The first-order chi connectivity index (χ1) is 13.8. The van der Waals surface area contributed by atoms with Crippen LogP contribution in [0.3, 0.4) is 0 Å². The van der Waals surface area contributed by atoms with E-state index in [2.05, 4.69) is 30.0 Å². The topological polar surface area (TPSA) is 73.5 Å². The van der Waals surface area contributed by atoms with Crippen LogP contribution in [0.1, 0.15) is 37.3 Å². The van der Waals surface area contributed by atoms with Crippen LogP contribution in [-0.4, -0.2) is 23.5 Å². The monoisotopic (exact) mass is 410 g/mol. The van der Waals surface area contributed by atoms with Gasteiger partial charge in [0.05, 0.1) is 5.92 Å². The Kier molecular flexibility index (Phi) is 6.49. The Labute approximate surface area is 176 Å². The Balaban J connectivity index is 1.49. The fourth-order valence-corrected chi connectivity index (χ4v) is 3.36. The van der Waals surface area contributed by atoms with Crippen LogP contribution in [0.5, 0.6) is 0 Å². The number of nitrogens with one attached hydrogen (secondary N) is 3. The SMILES string of the molecule is Cc1ccc(N2C[C@@H](C(=O)NNC(=S)Nc3ccc(C(C)C)cc3)CC2=O)cc1. The summed E-state index contributed by atoms with van der Waals surface area (Å²) in [6, 6.07) is 15.7. The summed E-state index contributed by atoms with van der Waals surface area (Å²) in [6.45, 7) is 6.62. The van der Waals surface area contributed by atoms with Gasteiger partial charge in [0.1, 0.15) is 0 Å². The van der Waals surface area contributed by atoms with Gasteiger partial charge in [-0.15, -0.1) is 0 Å². The molecule has 152 valence electrons. The fraction of sp³-hybridized carbons (Fsp3) is 0.318. The van der Waals surface area contributed by atoms with Crippen LogP contribution in [0.25, 0.3) is 0 Å². The van der Waals surface area contributed by atoms with Gasteiger partial charge in [0.25, 0.3) is 0 Å². The number of aryl methyl sites for hydroxylation is 1. The molecular formula is C22H26N4O2S. The molecule has 0 saturated carbocycles. The summed E-state index contributed by atoms with van der Waals surface area (Å²) in [5.41, 5.74) is 9.33. The minimum Gasteiger partial charge on any atom is -0.331 e. The molecule has 1 fully saturated rings. The van der Waals surface area contributed by atoms with Crippen molar-refractivity contribution in [2.24, 2.45) is 5.92 Å². The number of nitrogens with zero attached hydrogens (tertiary/aromatic N) is 1. The number of anilines is 2. The van der Waals surface area contributed by atoms with Crippen molar-refractivity contribution >= 4 is 40.5 Å². The molecule has 29 heavy (non-hydrogen) atoms. The van der Waals surface area contributed by atoms with Gasteiger partial charge in [-0.25, -0.2) is 0 Å². The lowest BCUT2D eigenvalue weighted by molar-refractivity contribution is -0.126. The molecule has 2 amide bonds. The molecule has 2 aromatic carbocycles. The van der Waals surface area contributed by atoms with Crippen molar-refractivity contribution in [3.05, 3.63) is 59.7 Å². The molecule has 0 unspecified atom stereocenters. The van der Waals surface area contributed by atoms with E-state index in [4.69, 9.17) is 12.2 Å². The molecular weight excluding hydrogens is 384 g/mol. The van der Waals surface area contributed by atoms with Crippen LogP contribution in [0.2, 0.25) is 0 Å². The molecule has 2 aromatic rings. The number of thiocarbonyl (C=S) groups is 1. The predicted molar refractivity (Wildman–Crippen MR) is 120 cm³/mol. The minimum atomic E-state index is -0.426. The van der Waals surface area contributed by atoms with Gasteiger partial charge in [-0.05, 0) is 54.9 Å². The van der Waals surface area contributed by atoms with Crippen molar-refractivity contribution in [2.45, 2.75) is 33.1 Å². The van der Waals surface area contributed by atoms with E-state index in [-0.39, 0.29) is 23.3 Å². The Morgan fingerprint density at radius 3 is 2.34 bits per heavy atom. The third-order valence-electron chi connectivity index (χ3n) is 4.98. The van der Waals surface area contributed by atoms with Crippen LogP contribution in [0, 0.1) is 12.8 Å². The molecule has 3 N–H and O–H groups in total. The lowest BCUT2D eigenvalue weighted by Gasteiger charge is -2.17. The molecule has 0 aromatic heterocycles. The van der Waals surface area contributed by atoms with Gasteiger partial charge in [-0.1, -0.05) is 43.7 Å². The van der Waals surface area contributed by atoms with Gasteiger partial charge >= 0.3 is 0 Å². The molecule has 0 aliphatic carbocycles. The number of carbonyl (C=O) groups excluding carboxylic acids is 2. The van der Waals surface area contributed by atoms with E-state index in [1.807, 2.05) is 55.5 Å². The Morgan fingerprint density at radius 1 is 1.07 bits per heavy atom. The summed E-state index contributed by atoms with van der Waals surface area (Å²) >= 11 is 5.23. The molecule has 1 heterocycles. The highest BCUT2D eigenvalue weighted by Crippen LogP contribution is 2.25. The zero-order chi connectivity index (χ0) is 21.0. The van der Waals surface area contributed by atoms with Crippen molar-refractivity contribution in [3.8, 4) is 0 Å². The number of carbonyl (C=O) groups is 2. The zero-order valence-electron chi connectivity index (χ0n) is 16.9. The normalized spacial score (nSPS) is 16.1. The van der Waals surface area contributed by atoms with Crippen LogP contribution in [0.4, 0.5) is 11.4 Å². The van der Waals surface area contributed by atoms with E-state index in [9.17, 15) is 9.59 Å². The van der Waals surface area contributed by atoms with Gasteiger partial charge < -0.3 is 10.2 Å². The van der Waals surface area contributed by atoms with Crippen molar-refractivity contribution in [2.75, 3.05) is 16.8 Å². The minimum absolute atomic E-state index is 0.0556. The van der Waals surface area contributed by atoms with Crippen LogP contribution in [0.15, 0.2) is 48.5 Å². The first-order valence-electron chi connectivity index (χ1n) is 9.67. The summed E-state index contributed by atoms with van der Waals surface area (Å²) in [7, 11) is 0. The first kappa shape index (κ1) is 20.8. The summed E-state index contributed by atoms with van der Waals surface area (Å²) in [5.74, 6) is -0.279. The van der Waals surface area contributed by atoms with E-state index in [1.54, 1.807) is 4.90 Å². The van der Waals surface area contributed by atoms with Crippen molar-refractivity contribution in [1.82, 2.24) is 10.9 Å². The largest absolute Gasteiger partial charge is 0.331 e. The number of rotatable bonds is 4. The number of hydrazine groups is 1. The molecule has 1 saturated heterocycles. The van der Waals surface area contributed by atoms with Gasteiger partial charge in [0.2, 0.25) is 11.8 Å². The second-order valence-electron chi connectivity index (χ2n) is 7.59. The second kappa shape index (κ2) is 9.05. The van der Waals surface area contributed by atoms with Crippen LogP contribution >= 0.6 is 12.2 Å². The number of hydrogen-bond donors (Lipinski definition) is 3. The van der Waals surface area contributed by atoms with Gasteiger partial charge in [0.15, 0.2) is 5.11 Å². The molecule has 0 bridgehead atoms. The second-order valence-corrected chi connectivity index (χ2v) is 7.99. The maximum atomic E-state index is 12.5. The number of amides is 2. The van der Waals surface area contributed by atoms with Gasteiger partial charge in [-0.2, -0.15) is 0 Å². The Morgan fingerprint density at radius 2 is 1.72 bits per heavy atom. The van der Waals surface area contributed by atoms with Crippen LogP contribution in [-0.2, 0) is 9.59 Å². The molecule has 0 radical (unpaired) electrons. The summed E-state index contributed by atoms with van der Waals surface area (Å²) in [6.07, 6.45) is 0.179. The van der Waals surface area contributed by atoms with Gasteiger partial charge in [-0.3, -0.25) is 20.4 Å². The highest BCUT2D eigenvalue weighted by molar-refractivity contribution is 7.80.